The van der Waals surface area contributed by atoms with Gasteiger partial charge in [0.1, 0.15) is 5.75 Å². The van der Waals surface area contributed by atoms with Gasteiger partial charge >= 0.3 is 0 Å². The Morgan fingerprint density at radius 1 is 1.29 bits per heavy atom. The van der Waals surface area contributed by atoms with Crippen LogP contribution in [0.5, 0.6) is 5.75 Å². The molecule has 0 saturated carbocycles. The zero-order chi connectivity index (χ0) is 19.5. The average Bonchev–Trinajstić information content (AvgIpc) is 3.20. The van der Waals surface area contributed by atoms with Crippen LogP contribution in [0.1, 0.15) is 23.7 Å². The Labute approximate surface area is 160 Å². The van der Waals surface area contributed by atoms with Crippen molar-refractivity contribution in [3.63, 3.8) is 0 Å². The molecule has 1 atom stereocenters. The number of carbonyl (C=O) groups is 2. The molecule has 9 nitrogen and oxygen atoms in total. The summed E-state index contributed by atoms with van der Waals surface area (Å²) >= 11 is 0. The lowest BCUT2D eigenvalue weighted by Crippen LogP contribution is -2.35. The summed E-state index contributed by atoms with van der Waals surface area (Å²) in [5.41, 5.74) is 2.13. The van der Waals surface area contributed by atoms with Crippen molar-refractivity contribution in [1.29, 1.82) is 0 Å². The highest BCUT2D eigenvalue weighted by molar-refractivity contribution is 6.01. The third kappa shape index (κ3) is 3.41. The summed E-state index contributed by atoms with van der Waals surface area (Å²) in [4.78, 5) is 24.8. The lowest BCUT2D eigenvalue weighted by Gasteiger charge is -2.25. The number of para-hydroxylation sites is 1. The largest absolute Gasteiger partial charge is 0.497 e. The number of nitrogens with one attached hydrogen (secondary N) is 2. The van der Waals surface area contributed by atoms with E-state index in [1.807, 2.05) is 30.3 Å². The normalized spacial score (nSPS) is 15.5. The molecule has 28 heavy (non-hydrogen) atoms. The van der Waals surface area contributed by atoms with E-state index in [2.05, 4.69) is 26.2 Å². The molecule has 4 rings (SSSR count). The highest BCUT2D eigenvalue weighted by Gasteiger charge is 2.31. The molecule has 0 spiro atoms. The molecule has 3 aromatic rings. The van der Waals surface area contributed by atoms with E-state index in [1.54, 1.807) is 30.0 Å². The fourth-order valence-electron chi connectivity index (χ4n) is 3.18. The van der Waals surface area contributed by atoms with Gasteiger partial charge in [0.15, 0.2) is 5.82 Å². The summed E-state index contributed by atoms with van der Waals surface area (Å²) in [6.07, 6.45) is 0.0651. The summed E-state index contributed by atoms with van der Waals surface area (Å²) in [5, 5.41) is 17.3. The number of fused-ring (bicyclic) bond motifs is 1. The Kier molecular flexibility index (Phi) is 4.71. The topological polar surface area (TPSA) is 111 Å². The van der Waals surface area contributed by atoms with E-state index in [4.69, 9.17) is 4.74 Å². The Bertz CT molecular complexity index is 1020. The van der Waals surface area contributed by atoms with Crippen molar-refractivity contribution in [1.82, 2.24) is 25.5 Å². The van der Waals surface area contributed by atoms with E-state index in [-0.39, 0.29) is 24.8 Å². The average molecular weight is 378 g/mol. The molecule has 1 aliphatic rings. The number of nitrogens with zero attached hydrogens (tertiary/aromatic N) is 4. The van der Waals surface area contributed by atoms with Crippen LogP contribution in [0.4, 0.5) is 5.69 Å². The molecule has 2 aromatic carbocycles. The number of ether oxygens (including phenoxy) is 1. The van der Waals surface area contributed by atoms with Crippen LogP contribution in [0, 0.1) is 0 Å². The van der Waals surface area contributed by atoms with Gasteiger partial charge in [0.25, 0.3) is 0 Å². The van der Waals surface area contributed by atoms with Crippen LogP contribution < -0.4 is 15.4 Å². The van der Waals surface area contributed by atoms with Crippen molar-refractivity contribution >= 4 is 17.5 Å². The smallest absolute Gasteiger partial charge is 0.228 e. The minimum Gasteiger partial charge on any atom is -0.497 e. The van der Waals surface area contributed by atoms with Crippen LogP contribution in [0.15, 0.2) is 48.5 Å². The zero-order valence-corrected chi connectivity index (χ0v) is 15.1. The lowest BCUT2D eigenvalue weighted by atomic mass is 9.89. The van der Waals surface area contributed by atoms with Crippen LogP contribution in [-0.2, 0) is 16.1 Å². The molecule has 2 amide bonds. The second-order valence-electron chi connectivity index (χ2n) is 6.32. The summed E-state index contributed by atoms with van der Waals surface area (Å²) < 4.78 is 6.80. The predicted molar refractivity (Wildman–Crippen MR) is 100.0 cm³/mol. The molecule has 0 fully saturated rings. The first-order valence-electron chi connectivity index (χ1n) is 8.74. The minimum absolute atomic E-state index is 0.0651. The lowest BCUT2D eigenvalue weighted by molar-refractivity contribution is -0.126. The van der Waals surface area contributed by atoms with Gasteiger partial charge in [-0.1, -0.05) is 18.2 Å². The molecule has 0 radical (unpaired) electrons. The standard InChI is InChI=1S/C19H18N6O3/c1-28-13-7-8-16-14(9-13)15(10-18(26)21-16)19(27)20-11-17-22-23-24-25(17)12-5-3-2-4-6-12/h2-9,15H,10-11H2,1H3,(H,20,27)(H,21,26)/t15-/m0/s1. The summed E-state index contributed by atoms with van der Waals surface area (Å²) in [7, 11) is 1.56. The van der Waals surface area contributed by atoms with E-state index < -0.39 is 5.92 Å². The van der Waals surface area contributed by atoms with Gasteiger partial charge < -0.3 is 15.4 Å². The molecule has 0 bridgehead atoms. The maximum atomic E-state index is 12.8. The number of anilines is 1. The molecular weight excluding hydrogens is 360 g/mol. The van der Waals surface area contributed by atoms with Gasteiger partial charge in [0, 0.05) is 12.1 Å². The number of tetrazole rings is 1. The third-order valence-electron chi connectivity index (χ3n) is 4.57. The summed E-state index contributed by atoms with van der Waals surface area (Å²) in [6.45, 7) is 0.137. The highest BCUT2D eigenvalue weighted by Crippen LogP contribution is 2.35. The van der Waals surface area contributed by atoms with E-state index in [9.17, 15) is 9.59 Å². The molecule has 0 saturated heterocycles. The molecule has 1 aromatic heterocycles. The Balaban J connectivity index is 1.53. The molecular formula is C19H18N6O3. The second-order valence-corrected chi connectivity index (χ2v) is 6.32. The number of rotatable bonds is 5. The SMILES string of the molecule is COc1ccc2c(c1)[C@@H](C(=O)NCc1nnnn1-c1ccccc1)CC(=O)N2. The molecule has 2 N–H and O–H groups in total. The zero-order valence-electron chi connectivity index (χ0n) is 15.1. The summed E-state index contributed by atoms with van der Waals surface area (Å²) in [5.74, 6) is 0.0326. The minimum atomic E-state index is -0.611. The fourth-order valence-corrected chi connectivity index (χ4v) is 3.18. The maximum Gasteiger partial charge on any atom is 0.228 e. The van der Waals surface area contributed by atoms with E-state index in [0.29, 0.717) is 17.3 Å². The Hall–Kier alpha value is -3.75. The van der Waals surface area contributed by atoms with Crippen LogP contribution in [-0.4, -0.2) is 39.1 Å². The number of amides is 2. The first-order chi connectivity index (χ1) is 13.7. The van der Waals surface area contributed by atoms with Gasteiger partial charge in [-0.2, -0.15) is 4.68 Å². The third-order valence-corrected chi connectivity index (χ3v) is 4.57. The number of methoxy groups -OCH3 is 1. The predicted octanol–water partition coefficient (Wildman–Crippen LogP) is 1.41. The van der Waals surface area contributed by atoms with Crippen molar-refractivity contribution in [2.45, 2.75) is 18.9 Å². The molecule has 9 heteroatoms. The van der Waals surface area contributed by atoms with E-state index in [0.717, 1.165) is 11.3 Å². The van der Waals surface area contributed by atoms with Crippen LogP contribution in [0.2, 0.25) is 0 Å². The van der Waals surface area contributed by atoms with Crippen molar-refractivity contribution in [3.8, 4) is 11.4 Å². The van der Waals surface area contributed by atoms with E-state index in [1.165, 1.54) is 0 Å². The second kappa shape index (κ2) is 7.47. The molecule has 0 aliphatic carbocycles. The first-order valence-corrected chi connectivity index (χ1v) is 8.74. The highest BCUT2D eigenvalue weighted by atomic mass is 16.5. The summed E-state index contributed by atoms with van der Waals surface area (Å²) in [6, 6.07) is 14.6. The van der Waals surface area contributed by atoms with E-state index >= 15 is 0 Å². The molecule has 0 unspecified atom stereocenters. The van der Waals surface area contributed by atoms with Gasteiger partial charge in [-0.25, -0.2) is 0 Å². The van der Waals surface area contributed by atoms with Crippen molar-refractivity contribution < 1.29 is 14.3 Å². The van der Waals surface area contributed by atoms with Crippen LogP contribution in [0.25, 0.3) is 5.69 Å². The van der Waals surface area contributed by atoms with Gasteiger partial charge in [0.05, 0.1) is 25.3 Å². The Morgan fingerprint density at radius 2 is 2.11 bits per heavy atom. The van der Waals surface area contributed by atoms with Crippen molar-refractivity contribution in [2.24, 2.45) is 0 Å². The Morgan fingerprint density at radius 3 is 2.89 bits per heavy atom. The number of hydrogen-bond donors (Lipinski definition) is 2. The molecule has 142 valence electrons. The quantitative estimate of drug-likeness (QED) is 0.694. The number of aromatic nitrogens is 4. The molecule has 2 heterocycles. The number of carbonyl (C=O) groups excluding carboxylic acids is 2. The molecule has 1 aliphatic heterocycles. The van der Waals surface area contributed by atoms with Gasteiger partial charge in [-0.05, 0) is 46.3 Å². The van der Waals surface area contributed by atoms with Crippen molar-refractivity contribution in [3.05, 3.63) is 59.9 Å². The monoisotopic (exact) mass is 378 g/mol. The van der Waals surface area contributed by atoms with Gasteiger partial charge in [-0.3, -0.25) is 9.59 Å². The fraction of sp³-hybridized carbons (Fsp3) is 0.211. The number of hydrogen-bond acceptors (Lipinski definition) is 6. The van der Waals surface area contributed by atoms with Gasteiger partial charge in [-0.15, -0.1) is 5.10 Å². The van der Waals surface area contributed by atoms with Crippen LogP contribution in [0.3, 0.4) is 0 Å². The van der Waals surface area contributed by atoms with Crippen LogP contribution >= 0.6 is 0 Å². The van der Waals surface area contributed by atoms with Gasteiger partial charge in [0.2, 0.25) is 11.8 Å². The van der Waals surface area contributed by atoms with Crippen molar-refractivity contribution in [2.75, 3.05) is 12.4 Å². The first kappa shape index (κ1) is 17.7. The number of benzene rings is 2. The maximum absolute atomic E-state index is 12.8.